The Hall–Kier alpha value is -0.810. The molecule has 1 rings (SSSR count). The molecule has 1 N–H and O–H groups in total. The van der Waals surface area contributed by atoms with Crippen molar-refractivity contribution >= 4 is 34.9 Å². The minimum Gasteiger partial charge on any atom is -0.481 e. The van der Waals surface area contributed by atoms with E-state index in [0.29, 0.717) is 31.3 Å². The van der Waals surface area contributed by atoms with Gasteiger partial charge < -0.3 is 5.11 Å². The van der Waals surface area contributed by atoms with Crippen molar-refractivity contribution in [2.24, 2.45) is 0 Å². The number of rotatable bonds is 10. The first-order valence-electron chi connectivity index (χ1n) is 7.35. The van der Waals surface area contributed by atoms with Gasteiger partial charge in [-0.15, -0.1) is 27.8 Å². The number of aliphatic carboxylic acids is 1. The Balaban J connectivity index is 3.04. The van der Waals surface area contributed by atoms with Crippen LogP contribution in [0.25, 0.3) is 0 Å². The van der Waals surface area contributed by atoms with Crippen molar-refractivity contribution < 1.29 is 14.7 Å². The molecule has 0 aliphatic heterocycles. The second kappa shape index (κ2) is 9.36. The predicted molar refractivity (Wildman–Crippen MR) is 91.7 cm³/mol. The number of carbonyl (C=O) groups is 1. The minimum absolute atomic E-state index is 0.178. The van der Waals surface area contributed by atoms with E-state index in [1.165, 1.54) is 0 Å². The lowest BCUT2D eigenvalue weighted by Gasteiger charge is -2.33. The molecule has 6 heteroatoms. The molecule has 0 bridgehead atoms. The lowest BCUT2D eigenvalue weighted by atomic mass is 10.0. The van der Waals surface area contributed by atoms with E-state index < -0.39 is 5.97 Å². The maximum atomic E-state index is 10.7. The Morgan fingerprint density at radius 3 is 2.41 bits per heavy atom. The standard InChI is InChI=1S/C16H23Cl2NO3/c1-13-6-7-15(12-14(13)4-3-5-16(20)21)19(22-2,10-8-17)11-9-18/h6-7,12H,3-5,8-11H2,1-2H3/p+1. The fraction of sp³-hybridized carbons (Fsp3) is 0.562. The number of carboxylic acid groups (broad SMARTS) is 1. The first kappa shape index (κ1) is 19.2. The van der Waals surface area contributed by atoms with Crippen LogP contribution in [-0.4, -0.2) is 43.0 Å². The Bertz CT molecular complexity index is 488. The molecule has 0 amide bonds. The van der Waals surface area contributed by atoms with Crippen LogP contribution in [0, 0.1) is 6.92 Å². The molecule has 0 aliphatic rings. The minimum atomic E-state index is -0.764. The smallest absolute Gasteiger partial charge is 0.303 e. The fourth-order valence-electron chi connectivity index (χ4n) is 2.54. The number of alkyl halides is 2. The van der Waals surface area contributed by atoms with E-state index in [1.54, 1.807) is 7.11 Å². The van der Waals surface area contributed by atoms with Gasteiger partial charge in [-0.2, -0.15) is 0 Å². The van der Waals surface area contributed by atoms with E-state index in [9.17, 15) is 4.79 Å². The van der Waals surface area contributed by atoms with Gasteiger partial charge in [0.2, 0.25) is 0 Å². The average Bonchev–Trinajstić information content (AvgIpc) is 2.48. The van der Waals surface area contributed by atoms with Gasteiger partial charge in [0.25, 0.3) is 0 Å². The summed E-state index contributed by atoms with van der Waals surface area (Å²) in [5, 5.41) is 8.77. The van der Waals surface area contributed by atoms with Crippen molar-refractivity contribution in [2.75, 3.05) is 32.0 Å². The maximum absolute atomic E-state index is 10.7. The summed E-state index contributed by atoms with van der Waals surface area (Å²) in [7, 11) is 1.66. The highest BCUT2D eigenvalue weighted by molar-refractivity contribution is 6.18. The summed E-state index contributed by atoms with van der Waals surface area (Å²) in [4.78, 5) is 16.4. The molecular formula is C16H24Cl2NO3+. The third-order valence-corrected chi connectivity index (χ3v) is 4.22. The number of carboxylic acids is 1. The quantitative estimate of drug-likeness (QED) is 0.398. The number of benzene rings is 1. The Morgan fingerprint density at radius 2 is 1.91 bits per heavy atom. The molecular weight excluding hydrogens is 325 g/mol. The highest BCUT2D eigenvalue weighted by Gasteiger charge is 2.31. The Morgan fingerprint density at radius 1 is 1.27 bits per heavy atom. The molecule has 0 spiro atoms. The van der Waals surface area contributed by atoms with E-state index in [1.807, 2.05) is 19.1 Å². The van der Waals surface area contributed by atoms with Crippen LogP contribution in [0.3, 0.4) is 0 Å². The molecule has 124 valence electrons. The lowest BCUT2D eigenvalue weighted by molar-refractivity contribution is -0.137. The topological polar surface area (TPSA) is 46.5 Å². The molecule has 1 aromatic carbocycles. The molecule has 1 aromatic rings. The molecule has 0 unspecified atom stereocenters. The molecule has 0 fully saturated rings. The van der Waals surface area contributed by atoms with Gasteiger partial charge in [-0.25, -0.2) is 4.84 Å². The summed E-state index contributed by atoms with van der Waals surface area (Å²) in [5.41, 5.74) is 3.29. The van der Waals surface area contributed by atoms with Crippen LogP contribution in [-0.2, 0) is 16.1 Å². The van der Waals surface area contributed by atoms with Crippen molar-refractivity contribution in [3.05, 3.63) is 29.3 Å². The summed E-state index contributed by atoms with van der Waals surface area (Å²) in [6.07, 6.45) is 1.53. The molecule has 0 radical (unpaired) electrons. The maximum Gasteiger partial charge on any atom is 0.303 e. The highest BCUT2D eigenvalue weighted by Crippen LogP contribution is 2.27. The number of hydrogen-bond acceptors (Lipinski definition) is 2. The second-order valence-electron chi connectivity index (χ2n) is 5.26. The molecule has 4 nitrogen and oxygen atoms in total. The van der Waals surface area contributed by atoms with E-state index >= 15 is 0 Å². The van der Waals surface area contributed by atoms with E-state index in [-0.39, 0.29) is 11.1 Å². The van der Waals surface area contributed by atoms with Crippen LogP contribution in [0.4, 0.5) is 5.69 Å². The average molecular weight is 349 g/mol. The SMILES string of the molecule is CO[N+](CCCl)(CCCl)c1ccc(C)c(CCCC(=O)O)c1. The zero-order valence-electron chi connectivity index (χ0n) is 13.1. The molecule has 0 aliphatic carbocycles. The first-order chi connectivity index (χ1) is 10.5. The van der Waals surface area contributed by atoms with Crippen LogP contribution in [0.15, 0.2) is 18.2 Å². The zero-order chi connectivity index (χ0) is 16.6. The van der Waals surface area contributed by atoms with Crippen molar-refractivity contribution in [3.8, 4) is 0 Å². The summed E-state index contributed by atoms with van der Waals surface area (Å²) >= 11 is 11.9. The number of halogens is 2. The van der Waals surface area contributed by atoms with Crippen LogP contribution < -0.4 is 4.65 Å². The largest absolute Gasteiger partial charge is 0.481 e. The van der Waals surface area contributed by atoms with Crippen molar-refractivity contribution in [3.63, 3.8) is 0 Å². The second-order valence-corrected chi connectivity index (χ2v) is 6.01. The normalized spacial score (nSPS) is 11.6. The van der Waals surface area contributed by atoms with Gasteiger partial charge in [-0.3, -0.25) is 4.79 Å². The molecule has 22 heavy (non-hydrogen) atoms. The third kappa shape index (κ3) is 5.13. The molecule has 0 heterocycles. The summed E-state index contributed by atoms with van der Waals surface area (Å²) in [6.45, 7) is 3.29. The molecule has 0 atom stereocenters. The van der Waals surface area contributed by atoms with Crippen molar-refractivity contribution in [1.82, 2.24) is 4.65 Å². The van der Waals surface area contributed by atoms with E-state index in [2.05, 4.69) is 6.07 Å². The van der Waals surface area contributed by atoms with E-state index in [0.717, 1.165) is 23.2 Å². The van der Waals surface area contributed by atoms with Gasteiger partial charge in [0, 0.05) is 18.6 Å². The number of nitrogens with zero attached hydrogens (tertiary/aromatic N) is 1. The van der Waals surface area contributed by atoms with Gasteiger partial charge >= 0.3 is 5.97 Å². The molecule has 0 aromatic heterocycles. The van der Waals surface area contributed by atoms with Crippen LogP contribution in [0.2, 0.25) is 0 Å². The number of hydrogen-bond donors (Lipinski definition) is 1. The monoisotopic (exact) mass is 348 g/mol. The Kier molecular flexibility index (Phi) is 8.18. The Labute approximate surface area is 142 Å². The van der Waals surface area contributed by atoms with E-state index in [4.69, 9.17) is 33.1 Å². The summed E-state index contributed by atoms with van der Waals surface area (Å²) in [6, 6.07) is 6.15. The predicted octanol–water partition coefficient (Wildman–Crippen LogP) is 3.75. The highest BCUT2D eigenvalue weighted by atomic mass is 35.5. The van der Waals surface area contributed by atoms with Crippen molar-refractivity contribution in [1.29, 1.82) is 0 Å². The zero-order valence-corrected chi connectivity index (χ0v) is 14.7. The van der Waals surface area contributed by atoms with Gasteiger partial charge in [0.15, 0.2) is 5.69 Å². The third-order valence-electron chi connectivity index (χ3n) is 3.88. The van der Waals surface area contributed by atoms with Gasteiger partial charge in [0.1, 0.15) is 13.1 Å². The van der Waals surface area contributed by atoms with Crippen LogP contribution in [0.5, 0.6) is 0 Å². The molecule has 0 saturated heterocycles. The van der Waals surface area contributed by atoms with Gasteiger partial charge in [-0.05, 0) is 30.9 Å². The molecule has 0 saturated carbocycles. The van der Waals surface area contributed by atoms with Crippen LogP contribution in [0.1, 0.15) is 24.0 Å². The van der Waals surface area contributed by atoms with Crippen molar-refractivity contribution in [2.45, 2.75) is 26.2 Å². The summed E-state index contributed by atoms with van der Waals surface area (Å²) < 4.78 is 0.277. The fourth-order valence-corrected chi connectivity index (χ4v) is 3.09. The summed E-state index contributed by atoms with van der Waals surface area (Å²) in [5.74, 6) is 0.167. The number of hydroxylamine groups is 2. The van der Waals surface area contributed by atoms with Gasteiger partial charge in [-0.1, -0.05) is 6.07 Å². The van der Waals surface area contributed by atoms with Crippen LogP contribution >= 0.6 is 23.2 Å². The first-order valence-corrected chi connectivity index (χ1v) is 8.42. The lowest BCUT2D eigenvalue weighted by Crippen LogP contribution is -2.51. The van der Waals surface area contributed by atoms with Gasteiger partial charge in [0.05, 0.1) is 18.9 Å². The number of quaternary nitrogens is 1. The number of aryl methyl sites for hydroxylation is 2.